The SMILES string of the molecule is CNCCN(C)C(=O)c1csc(-c2ccoc2)n1. The lowest BCUT2D eigenvalue weighted by molar-refractivity contribution is 0.0792. The highest BCUT2D eigenvalue weighted by molar-refractivity contribution is 7.13. The molecule has 2 heterocycles. The van der Waals surface area contributed by atoms with E-state index in [1.807, 2.05) is 13.1 Å². The van der Waals surface area contributed by atoms with E-state index >= 15 is 0 Å². The Labute approximate surface area is 109 Å². The van der Waals surface area contributed by atoms with Gasteiger partial charge in [-0.25, -0.2) is 4.98 Å². The van der Waals surface area contributed by atoms with Crippen LogP contribution in [-0.4, -0.2) is 43.0 Å². The van der Waals surface area contributed by atoms with E-state index in [1.54, 1.807) is 29.9 Å². The first-order chi connectivity index (χ1) is 8.72. The third-order valence-electron chi connectivity index (χ3n) is 2.54. The Morgan fingerprint density at radius 3 is 3.11 bits per heavy atom. The number of hydrogen-bond donors (Lipinski definition) is 1. The molecule has 0 aliphatic carbocycles. The molecule has 96 valence electrons. The second kappa shape index (κ2) is 5.79. The molecule has 2 aromatic heterocycles. The number of furan rings is 1. The summed E-state index contributed by atoms with van der Waals surface area (Å²) in [7, 11) is 3.63. The van der Waals surface area contributed by atoms with Crippen molar-refractivity contribution in [1.29, 1.82) is 0 Å². The number of aromatic nitrogens is 1. The van der Waals surface area contributed by atoms with E-state index in [0.29, 0.717) is 12.2 Å². The van der Waals surface area contributed by atoms with Crippen LogP contribution in [-0.2, 0) is 0 Å². The van der Waals surface area contributed by atoms with Crippen LogP contribution >= 0.6 is 11.3 Å². The van der Waals surface area contributed by atoms with Crippen molar-refractivity contribution in [2.24, 2.45) is 0 Å². The van der Waals surface area contributed by atoms with Crippen molar-refractivity contribution in [3.63, 3.8) is 0 Å². The van der Waals surface area contributed by atoms with Gasteiger partial charge in [0.15, 0.2) is 0 Å². The molecule has 1 N–H and O–H groups in total. The van der Waals surface area contributed by atoms with Gasteiger partial charge in [-0.05, 0) is 13.1 Å². The third kappa shape index (κ3) is 2.77. The molecule has 6 heteroatoms. The maximum atomic E-state index is 12.1. The highest BCUT2D eigenvalue weighted by Crippen LogP contribution is 2.24. The van der Waals surface area contributed by atoms with Crippen LogP contribution in [0.5, 0.6) is 0 Å². The van der Waals surface area contributed by atoms with Crippen LogP contribution in [0.3, 0.4) is 0 Å². The smallest absolute Gasteiger partial charge is 0.273 e. The fourth-order valence-corrected chi connectivity index (χ4v) is 2.25. The van der Waals surface area contributed by atoms with Gasteiger partial charge in [0.1, 0.15) is 17.0 Å². The predicted molar refractivity (Wildman–Crippen MR) is 70.7 cm³/mol. The first kappa shape index (κ1) is 12.8. The van der Waals surface area contributed by atoms with Crippen molar-refractivity contribution in [3.05, 3.63) is 29.7 Å². The van der Waals surface area contributed by atoms with E-state index in [9.17, 15) is 4.79 Å². The van der Waals surface area contributed by atoms with Crippen LogP contribution in [0.1, 0.15) is 10.5 Å². The van der Waals surface area contributed by atoms with Crippen LogP contribution in [0.15, 0.2) is 28.4 Å². The van der Waals surface area contributed by atoms with Crippen molar-refractivity contribution in [2.45, 2.75) is 0 Å². The summed E-state index contributed by atoms with van der Waals surface area (Å²) < 4.78 is 5.00. The Kier molecular flexibility index (Phi) is 4.11. The topological polar surface area (TPSA) is 58.4 Å². The molecule has 0 bridgehead atoms. The molecule has 0 aliphatic rings. The fourth-order valence-electron chi connectivity index (χ4n) is 1.47. The fraction of sp³-hybridized carbons (Fsp3) is 0.333. The number of nitrogens with zero attached hydrogens (tertiary/aromatic N) is 2. The zero-order valence-corrected chi connectivity index (χ0v) is 11.2. The normalized spacial score (nSPS) is 10.6. The summed E-state index contributed by atoms with van der Waals surface area (Å²) >= 11 is 1.44. The van der Waals surface area contributed by atoms with Crippen molar-refractivity contribution in [2.75, 3.05) is 27.2 Å². The summed E-state index contributed by atoms with van der Waals surface area (Å²) in [6.45, 7) is 1.43. The lowest BCUT2D eigenvalue weighted by Gasteiger charge is -2.15. The second-order valence-electron chi connectivity index (χ2n) is 3.88. The van der Waals surface area contributed by atoms with Gasteiger partial charge in [0.2, 0.25) is 0 Å². The van der Waals surface area contributed by atoms with Gasteiger partial charge in [-0.3, -0.25) is 4.79 Å². The minimum Gasteiger partial charge on any atom is -0.472 e. The molecule has 0 saturated carbocycles. The molecule has 0 radical (unpaired) electrons. The van der Waals surface area contributed by atoms with E-state index in [2.05, 4.69) is 10.3 Å². The van der Waals surface area contributed by atoms with E-state index in [-0.39, 0.29) is 5.91 Å². The van der Waals surface area contributed by atoms with Crippen molar-refractivity contribution in [3.8, 4) is 10.6 Å². The van der Waals surface area contributed by atoms with Gasteiger partial charge in [0.25, 0.3) is 5.91 Å². The van der Waals surface area contributed by atoms with Crippen LogP contribution in [0.25, 0.3) is 10.6 Å². The monoisotopic (exact) mass is 265 g/mol. The quantitative estimate of drug-likeness (QED) is 0.894. The summed E-state index contributed by atoms with van der Waals surface area (Å²) in [5.41, 5.74) is 1.38. The average molecular weight is 265 g/mol. The van der Waals surface area contributed by atoms with Crippen molar-refractivity contribution < 1.29 is 9.21 Å². The molecule has 0 unspecified atom stereocenters. The van der Waals surface area contributed by atoms with Gasteiger partial charge in [-0.15, -0.1) is 11.3 Å². The molecular formula is C12H15N3O2S. The summed E-state index contributed by atoms with van der Waals surface area (Å²) in [6.07, 6.45) is 3.22. The summed E-state index contributed by atoms with van der Waals surface area (Å²) in [5, 5.41) is 5.59. The van der Waals surface area contributed by atoms with Gasteiger partial charge in [0, 0.05) is 31.1 Å². The molecule has 0 aliphatic heterocycles. The average Bonchev–Trinajstić information content (AvgIpc) is 3.04. The number of nitrogens with one attached hydrogen (secondary N) is 1. The van der Waals surface area contributed by atoms with Gasteiger partial charge < -0.3 is 14.6 Å². The van der Waals surface area contributed by atoms with Crippen LogP contribution < -0.4 is 5.32 Å². The molecular weight excluding hydrogens is 250 g/mol. The number of amides is 1. The molecule has 18 heavy (non-hydrogen) atoms. The lowest BCUT2D eigenvalue weighted by Crippen LogP contribution is -2.32. The highest BCUT2D eigenvalue weighted by atomic mass is 32.1. The van der Waals surface area contributed by atoms with Crippen LogP contribution in [0, 0.1) is 0 Å². The Balaban J connectivity index is 2.08. The van der Waals surface area contributed by atoms with Crippen LogP contribution in [0.4, 0.5) is 0 Å². The Bertz CT molecular complexity index is 507. The molecule has 0 spiro atoms. The summed E-state index contributed by atoms with van der Waals surface area (Å²) in [4.78, 5) is 18.0. The number of carbonyl (C=O) groups is 1. The molecule has 0 saturated heterocycles. The Morgan fingerprint density at radius 2 is 2.44 bits per heavy atom. The van der Waals surface area contributed by atoms with Crippen molar-refractivity contribution >= 4 is 17.2 Å². The first-order valence-electron chi connectivity index (χ1n) is 5.60. The maximum absolute atomic E-state index is 12.1. The number of carbonyl (C=O) groups excluding carboxylic acids is 1. The summed E-state index contributed by atoms with van der Waals surface area (Å²) in [6, 6.07) is 1.83. The molecule has 2 rings (SSSR count). The first-order valence-corrected chi connectivity index (χ1v) is 6.48. The van der Waals surface area contributed by atoms with Gasteiger partial charge >= 0.3 is 0 Å². The minimum atomic E-state index is -0.0590. The van der Waals surface area contributed by atoms with Gasteiger partial charge in [-0.1, -0.05) is 0 Å². The predicted octanol–water partition coefficient (Wildman–Crippen LogP) is 1.69. The van der Waals surface area contributed by atoms with E-state index in [0.717, 1.165) is 17.1 Å². The number of likely N-dealkylation sites (N-methyl/N-ethyl adjacent to an activating group) is 2. The number of thiazole rings is 1. The van der Waals surface area contributed by atoms with Gasteiger partial charge in [-0.2, -0.15) is 0 Å². The summed E-state index contributed by atoms with van der Waals surface area (Å²) in [5.74, 6) is -0.0590. The highest BCUT2D eigenvalue weighted by Gasteiger charge is 2.15. The third-order valence-corrected chi connectivity index (χ3v) is 3.43. The lowest BCUT2D eigenvalue weighted by atomic mass is 10.3. The molecule has 2 aromatic rings. The molecule has 1 amide bonds. The number of rotatable bonds is 5. The minimum absolute atomic E-state index is 0.0590. The Hall–Kier alpha value is -1.66. The molecule has 0 atom stereocenters. The molecule has 0 fully saturated rings. The zero-order chi connectivity index (χ0) is 13.0. The largest absolute Gasteiger partial charge is 0.472 e. The van der Waals surface area contributed by atoms with E-state index in [4.69, 9.17) is 4.42 Å². The molecule has 0 aromatic carbocycles. The van der Waals surface area contributed by atoms with Crippen molar-refractivity contribution in [1.82, 2.24) is 15.2 Å². The van der Waals surface area contributed by atoms with Crippen LogP contribution in [0.2, 0.25) is 0 Å². The van der Waals surface area contributed by atoms with E-state index in [1.165, 1.54) is 11.3 Å². The number of hydrogen-bond acceptors (Lipinski definition) is 5. The Morgan fingerprint density at radius 1 is 1.61 bits per heavy atom. The molecule has 5 nitrogen and oxygen atoms in total. The second-order valence-corrected chi connectivity index (χ2v) is 4.74. The maximum Gasteiger partial charge on any atom is 0.273 e. The standard InChI is InChI=1S/C12H15N3O2S/c1-13-4-5-15(2)12(16)10-8-18-11(14-10)9-3-6-17-7-9/h3,6-8,13H,4-5H2,1-2H3. The van der Waals surface area contributed by atoms with Gasteiger partial charge in [0.05, 0.1) is 6.26 Å². The zero-order valence-electron chi connectivity index (χ0n) is 10.3. The van der Waals surface area contributed by atoms with E-state index < -0.39 is 0 Å².